The monoisotopic (exact) mass is 460 g/mol. The minimum absolute atomic E-state index is 0.0650. The summed E-state index contributed by atoms with van der Waals surface area (Å²) < 4.78 is 12.2. The zero-order chi connectivity index (χ0) is 23.6. The van der Waals surface area contributed by atoms with Gasteiger partial charge >= 0.3 is 0 Å². The van der Waals surface area contributed by atoms with E-state index in [1.54, 1.807) is 45.2 Å². The maximum Gasteiger partial charge on any atom is 0.164 e. The first-order valence-electron chi connectivity index (χ1n) is 9.77. The lowest BCUT2D eigenvalue weighted by Crippen LogP contribution is -2.56. The van der Waals surface area contributed by atoms with Gasteiger partial charge in [0.25, 0.3) is 0 Å². The van der Waals surface area contributed by atoms with Gasteiger partial charge in [0, 0.05) is 5.69 Å². The van der Waals surface area contributed by atoms with Crippen molar-refractivity contribution in [1.29, 1.82) is 5.26 Å². The molecule has 1 aromatic carbocycles. The van der Waals surface area contributed by atoms with Gasteiger partial charge in [-0.2, -0.15) is 10.4 Å². The normalized spacial score (nSPS) is 25.6. The van der Waals surface area contributed by atoms with Crippen molar-refractivity contribution in [2.45, 2.75) is 44.5 Å². The number of aromatic nitrogens is 1. The topological polar surface area (TPSA) is 153 Å². The molecule has 0 unspecified atom stereocenters. The van der Waals surface area contributed by atoms with Crippen molar-refractivity contribution in [3.05, 3.63) is 45.7 Å². The predicted octanol–water partition coefficient (Wildman–Crippen LogP) is 2.10. The van der Waals surface area contributed by atoms with Gasteiger partial charge in [-0.05, 0) is 43.7 Å². The van der Waals surface area contributed by atoms with E-state index in [-0.39, 0.29) is 10.2 Å². The van der Waals surface area contributed by atoms with Crippen LogP contribution in [0.5, 0.6) is 5.75 Å². The number of aliphatic hydroxyl groups is 4. The van der Waals surface area contributed by atoms with Crippen molar-refractivity contribution in [2.75, 3.05) is 13.7 Å². The van der Waals surface area contributed by atoms with Gasteiger partial charge in [0.1, 0.15) is 46.6 Å². The van der Waals surface area contributed by atoms with E-state index in [0.29, 0.717) is 28.4 Å². The lowest BCUT2D eigenvalue weighted by molar-refractivity contribution is -0.252. The molecule has 0 saturated carbocycles. The second-order valence-corrected chi connectivity index (χ2v) is 7.73. The molecule has 2 heterocycles. The molecule has 1 fully saturated rings. The molecule has 0 spiro atoms. The van der Waals surface area contributed by atoms with E-state index in [2.05, 4.69) is 10.2 Å². The molecule has 0 radical (unpaired) electrons. The molecule has 1 saturated heterocycles. The number of rotatable bonds is 5. The highest BCUT2D eigenvalue weighted by Crippen LogP contribution is 2.36. The molecule has 0 amide bonds. The van der Waals surface area contributed by atoms with Crippen LogP contribution in [0.15, 0.2) is 34.5 Å². The number of nitriles is 1. The zero-order valence-corrected chi connectivity index (χ0v) is 18.5. The van der Waals surface area contributed by atoms with Crippen LogP contribution < -0.4 is 4.74 Å². The first kappa shape index (κ1) is 23.9. The van der Waals surface area contributed by atoms with Gasteiger partial charge in [0.15, 0.2) is 6.23 Å². The number of aliphatic hydroxyl groups excluding tert-OH is 4. The van der Waals surface area contributed by atoms with Gasteiger partial charge in [0.05, 0.1) is 25.0 Å². The van der Waals surface area contributed by atoms with Crippen LogP contribution in [0.1, 0.15) is 23.0 Å². The number of benzene rings is 1. The fourth-order valence-corrected chi connectivity index (χ4v) is 4.01. The van der Waals surface area contributed by atoms with Crippen LogP contribution in [-0.4, -0.2) is 63.1 Å². The van der Waals surface area contributed by atoms with E-state index < -0.39 is 37.3 Å². The summed E-state index contributed by atoms with van der Waals surface area (Å²) in [6, 6.07) is 8.93. The van der Waals surface area contributed by atoms with Crippen LogP contribution in [0.4, 0.5) is 11.4 Å². The van der Waals surface area contributed by atoms with Crippen LogP contribution in [-0.2, 0) is 4.74 Å². The summed E-state index contributed by atoms with van der Waals surface area (Å²) >= 11 is 5.46. The predicted molar refractivity (Wildman–Crippen MR) is 116 cm³/mol. The highest BCUT2D eigenvalue weighted by atomic mass is 32.1. The Morgan fingerprint density at radius 1 is 1.12 bits per heavy atom. The first-order valence-corrected chi connectivity index (χ1v) is 10.2. The fraction of sp³-hybridized carbons (Fsp3) is 0.429. The van der Waals surface area contributed by atoms with Crippen LogP contribution in [0.25, 0.3) is 0 Å². The fourth-order valence-electron chi connectivity index (χ4n) is 3.57. The van der Waals surface area contributed by atoms with E-state index >= 15 is 0 Å². The summed E-state index contributed by atoms with van der Waals surface area (Å²) in [4.78, 5) is 0. The number of azo groups is 1. The number of ether oxygens (including phenoxy) is 2. The number of pyridine rings is 1. The second kappa shape index (κ2) is 9.83. The molecule has 10 nitrogen and oxygen atoms in total. The van der Waals surface area contributed by atoms with Gasteiger partial charge in [-0.15, -0.1) is 5.11 Å². The molecule has 5 atom stereocenters. The molecule has 3 rings (SSSR count). The molecule has 1 aliphatic rings. The molecule has 1 aromatic heterocycles. The molecular weight excluding hydrogens is 436 g/mol. The minimum Gasteiger partial charge on any atom is -0.497 e. The van der Waals surface area contributed by atoms with Crippen LogP contribution in [0.3, 0.4) is 0 Å². The molecule has 2 aromatic rings. The third-order valence-corrected chi connectivity index (χ3v) is 5.84. The van der Waals surface area contributed by atoms with Gasteiger partial charge in [-0.3, -0.25) is 0 Å². The molecule has 1 aliphatic heterocycles. The third-order valence-electron chi connectivity index (χ3n) is 5.44. The van der Waals surface area contributed by atoms with E-state index in [1.165, 1.54) is 4.57 Å². The number of nitrogens with zero attached hydrogens (tertiary/aromatic N) is 4. The Bertz CT molecular complexity index is 1110. The van der Waals surface area contributed by atoms with Crippen molar-refractivity contribution in [3.8, 4) is 11.8 Å². The number of hydrogen-bond acceptors (Lipinski definition) is 10. The van der Waals surface area contributed by atoms with Crippen molar-refractivity contribution >= 4 is 23.6 Å². The minimum atomic E-state index is -1.59. The van der Waals surface area contributed by atoms with Gasteiger partial charge < -0.3 is 34.5 Å². The summed E-state index contributed by atoms with van der Waals surface area (Å²) in [7, 11) is 1.56. The van der Waals surface area contributed by atoms with Gasteiger partial charge in [0.2, 0.25) is 0 Å². The van der Waals surface area contributed by atoms with Crippen molar-refractivity contribution in [2.24, 2.45) is 10.2 Å². The van der Waals surface area contributed by atoms with Crippen LogP contribution in [0, 0.1) is 29.8 Å². The smallest absolute Gasteiger partial charge is 0.164 e. The van der Waals surface area contributed by atoms with Gasteiger partial charge in [-0.1, -0.05) is 12.2 Å². The Morgan fingerprint density at radius 2 is 1.78 bits per heavy atom. The summed E-state index contributed by atoms with van der Waals surface area (Å²) in [5, 5.41) is 58.6. The Balaban J connectivity index is 2.12. The molecule has 0 bridgehead atoms. The highest BCUT2D eigenvalue weighted by Gasteiger charge is 2.45. The maximum atomic E-state index is 10.6. The molecular formula is C21H24N4O6S. The van der Waals surface area contributed by atoms with E-state index in [1.807, 2.05) is 6.07 Å². The molecule has 4 N–H and O–H groups in total. The summed E-state index contributed by atoms with van der Waals surface area (Å²) in [6.07, 6.45) is -7.07. The quantitative estimate of drug-likeness (QED) is 0.391. The van der Waals surface area contributed by atoms with Crippen LogP contribution in [0.2, 0.25) is 0 Å². The van der Waals surface area contributed by atoms with Gasteiger partial charge in [-0.25, -0.2) is 0 Å². The Kier molecular flexibility index (Phi) is 7.35. The number of methoxy groups -OCH3 is 1. The first-order chi connectivity index (χ1) is 15.2. The van der Waals surface area contributed by atoms with E-state index in [9.17, 15) is 25.7 Å². The maximum absolute atomic E-state index is 10.6. The second-order valence-electron chi connectivity index (χ2n) is 7.34. The SMILES string of the molecule is COc1ccc(N=Nc2c(C)c(C#N)c(=S)n([C@@H]3O[C@@H](CO)[C@@H](O)[C@@H](O)[C@H]3O)c2C)cc1. The Hall–Kier alpha value is -2.72. The standard InChI is InChI=1S/C21H24N4O6S/c1-10-14(8-22)21(32)25(20-19(29)18(28)17(27)15(9-26)31-20)11(2)16(10)24-23-12-4-6-13(30-3)7-5-12/h4-7,15,17-20,26-29H,9H2,1-3H3/t15-,17+,18+,19+,20+/m0/s1. The van der Waals surface area contributed by atoms with E-state index in [0.717, 1.165) is 0 Å². The largest absolute Gasteiger partial charge is 0.497 e. The van der Waals surface area contributed by atoms with Crippen molar-refractivity contribution in [1.82, 2.24) is 4.57 Å². The average molecular weight is 461 g/mol. The average Bonchev–Trinajstić information content (AvgIpc) is 2.79. The third kappa shape index (κ3) is 4.29. The summed E-state index contributed by atoms with van der Waals surface area (Å²) in [6.45, 7) is 2.75. The van der Waals surface area contributed by atoms with Crippen LogP contribution >= 0.6 is 12.2 Å². The number of hydrogen-bond donors (Lipinski definition) is 4. The highest BCUT2D eigenvalue weighted by molar-refractivity contribution is 7.71. The Morgan fingerprint density at radius 3 is 2.34 bits per heavy atom. The molecule has 11 heteroatoms. The van der Waals surface area contributed by atoms with E-state index in [4.69, 9.17) is 21.7 Å². The lowest BCUT2D eigenvalue weighted by atomic mass is 9.97. The summed E-state index contributed by atoms with van der Waals surface area (Å²) in [5.74, 6) is 0.666. The van der Waals surface area contributed by atoms with Crippen molar-refractivity contribution < 1.29 is 29.9 Å². The molecule has 170 valence electrons. The molecule has 32 heavy (non-hydrogen) atoms. The Labute approximate surface area is 189 Å². The molecule has 0 aliphatic carbocycles. The van der Waals surface area contributed by atoms with Crippen molar-refractivity contribution in [3.63, 3.8) is 0 Å². The zero-order valence-electron chi connectivity index (χ0n) is 17.7. The summed E-state index contributed by atoms with van der Waals surface area (Å²) in [5.41, 5.74) is 1.93. The lowest BCUT2D eigenvalue weighted by Gasteiger charge is -2.41.